The molecule has 1 saturated heterocycles. The highest BCUT2D eigenvalue weighted by molar-refractivity contribution is 7.89. The molecule has 116 valence electrons. The fourth-order valence-electron chi connectivity index (χ4n) is 3.16. The van der Waals surface area contributed by atoms with Gasteiger partial charge < -0.3 is 10.5 Å². The van der Waals surface area contributed by atoms with Crippen molar-refractivity contribution in [3.8, 4) is 0 Å². The lowest BCUT2D eigenvalue weighted by Crippen LogP contribution is -2.72. The van der Waals surface area contributed by atoms with Gasteiger partial charge in [-0.3, -0.25) is 4.98 Å². The minimum atomic E-state index is -3.35. The molecule has 3 N–H and O–H groups in total. The van der Waals surface area contributed by atoms with Crippen molar-refractivity contribution < 1.29 is 13.2 Å². The first kappa shape index (κ1) is 14.9. The van der Waals surface area contributed by atoms with Gasteiger partial charge in [-0.2, -0.15) is 0 Å². The van der Waals surface area contributed by atoms with Gasteiger partial charge in [0.1, 0.15) is 0 Å². The number of nitrogens with one attached hydrogen (secondary N) is 1. The number of pyridine rings is 1. The number of aromatic nitrogens is 1. The smallest absolute Gasteiger partial charge is 0.212 e. The second-order valence-electron chi connectivity index (χ2n) is 5.79. The average molecular weight is 311 g/mol. The monoisotopic (exact) mass is 311 g/mol. The molecule has 0 spiro atoms. The predicted octanol–water partition coefficient (Wildman–Crippen LogP) is 0.0482. The number of nitrogens with zero attached hydrogens (tertiary/aromatic N) is 1. The summed E-state index contributed by atoms with van der Waals surface area (Å²) in [5.41, 5.74) is 7.04. The van der Waals surface area contributed by atoms with Crippen molar-refractivity contribution in [1.29, 1.82) is 0 Å². The fraction of sp³-hybridized carbons (Fsp3) is 0.643. The van der Waals surface area contributed by atoms with Crippen LogP contribution in [-0.2, 0) is 21.2 Å². The van der Waals surface area contributed by atoms with Crippen LogP contribution in [0, 0.1) is 5.92 Å². The van der Waals surface area contributed by atoms with E-state index in [0.717, 1.165) is 18.4 Å². The molecule has 1 aliphatic heterocycles. The van der Waals surface area contributed by atoms with Crippen LogP contribution in [0.1, 0.15) is 18.4 Å². The highest BCUT2D eigenvalue weighted by Crippen LogP contribution is 2.37. The van der Waals surface area contributed by atoms with Crippen LogP contribution in [0.5, 0.6) is 0 Å². The van der Waals surface area contributed by atoms with E-state index in [2.05, 4.69) is 9.71 Å². The van der Waals surface area contributed by atoms with Crippen LogP contribution in [0.15, 0.2) is 24.5 Å². The van der Waals surface area contributed by atoms with E-state index >= 15 is 0 Å². The van der Waals surface area contributed by atoms with E-state index in [9.17, 15) is 8.42 Å². The Kier molecular flexibility index (Phi) is 4.26. The summed E-state index contributed by atoms with van der Waals surface area (Å²) >= 11 is 0. The molecule has 1 saturated carbocycles. The molecule has 1 aliphatic carbocycles. The van der Waals surface area contributed by atoms with Crippen LogP contribution in [0.4, 0.5) is 0 Å². The second kappa shape index (κ2) is 6.00. The maximum Gasteiger partial charge on any atom is 0.212 e. The van der Waals surface area contributed by atoms with Gasteiger partial charge in [0.2, 0.25) is 10.0 Å². The van der Waals surface area contributed by atoms with Gasteiger partial charge >= 0.3 is 0 Å². The highest BCUT2D eigenvalue weighted by atomic mass is 32.2. The van der Waals surface area contributed by atoms with Gasteiger partial charge in [-0.05, 0) is 37.0 Å². The molecule has 0 amide bonds. The maximum atomic E-state index is 12.2. The van der Waals surface area contributed by atoms with E-state index in [1.165, 1.54) is 0 Å². The number of fused-ring (bicyclic) bond motifs is 1. The number of sulfonamides is 1. The summed E-state index contributed by atoms with van der Waals surface area (Å²) in [6.07, 6.45) is 5.78. The molecule has 0 bridgehead atoms. The van der Waals surface area contributed by atoms with Crippen molar-refractivity contribution in [3.05, 3.63) is 30.1 Å². The first-order chi connectivity index (χ1) is 10.1. The lowest BCUT2D eigenvalue weighted by Gasteiger charge is -2.52. The van der Waals surface area contributed by atoms with E-state index < -0.39 is 10.0 Å². The number of hydrogen-bond donors (Lipinski definition) is 2. The molecule has 4 atom stereocenters. The van der Waals surface area contributed by atoms with Gasteiger partial charge in [0.15, 0.2) is 0 Å². The first-order valence-electron chi connectivity index (χ1n) is 7.33. The summed E-state index contributed by atoms with van der Waals surface area (Å²) in [7, 11) is -3.35. The van der Waals surface area contributed by atoms with E-state index in [-0.39, 0.29) is 23.9 Å². The number of ether oxygens (including phenoxy) is 1. The van der Waals surface area contributed by atoms with Crippen LogP contribution >= 0.6 is 0 Å². The molecular weight excluding hydrogens is 290 g/mol. The SMILES string of the molecule is NC1C2CCCOC2C1NS(=O)(=O)CCc1ccncc1. The quantitative estimate of drug-likeness (QED) is 0.801. The second-order valence-corrected chi connectivity index (χ2v) is 7.66. The summed E-state index contributed by atoms with van der Waals surface area (Å²) in [5, 5.41) is 0. The molecule has 7 heteroatoms. The lowest BCUT2D eigenvalue weighted by atomic mass is 9.69. The average Bonchev–Trinajstić information content (AvgIpc) is 2.52. The van der Waals surface area contributed by atoms with E-state index in [1.54, 1.807) is 12.4 Å². The van der Waals surface area contributed by atoms with E-state index in [4.69, 9.17) is 10.5 Å². The molecule has 4 unspecified atom stereocenters. The zero-order chi connectivity index (χ0) is 14.9. The van der Waals surface area contributed by atoms with Crippen molar-refractivity contribution in [3.63, 3.8) is 0 Å². The van der Waals surface area contributed by atoms with Gasteiger partial charge in [0.05, 0.1) is 17.9 Å². The highest BCUT2D eigenvalue weighted by Gasteiger charge is 2.51. The Morgan fingerprint density at radius 3 is 2.90 bits per heavy atom. The van der Waals surface area contributed by atoms with Crippen LogP contribution < -0.4 is 10.5 Å². The molecule has 2 heterocycles. The number of nitrogens with two attached hydrogens (primary N) is 1. The number of hydrogen-bond acceptors (Lipinski definition) is 5. The molecule has 6 nitrogen and oxygen atoms in total. The van der Waals surface area contributed by atoms with Gasteiger partial charge in [0.25, 0.3) is 0 Å². The fourth-order valence-corrected chi connectivity index (χ4v) is 4.49. The molecular formula is C14H21N3O3S. The molecule has 0 radical (unpaired) electrons. The minimum absolute atomic E-state index is 0.0514. The van der Waals surface area contributed by atoms with E-state index in [1.807, 2.05) is 12.1 Å². The lowest BCUT2D eigenvalue weighted by molar-refractivity contribution is -0.114. The topological polar surface area (TPSA) is 94.3 Å². The molecule has 3 rings (SSSR count). The van der Waals surface area contributed by atoms with Crippen molar-refractivity contribution in [2.45, 2.75) is 37.5 Å². The van der Waals surface area contributed by atoms with Crippen LogP contribution in [0.25, 0.3) is 0 Å². The molecule has 21 heavy (non-hydrogen) atoms. The largest absolute Gasteiger partial charge is 0.376 e. The van der Waals surface area contributed by atoms with Crippen molar-refractivity contribution in [1.82, 2.24) is 9.71 Å². The summed E-state index contributed by atoms with van der Waals surface area (Å²) in [4.78, 5) is 3.92. The van der Waals surface area contributed by atoms with Gasteiger partial charge in [-0.1, -0.05) is 0 Å². The molecule has 1 aromatic rings. The maximum absolute atomic E-state index is 12.2. The molecule has 1 aromatic heterocycles. The summed E-state index contributed by atoms with van der Waals surface area (Å²) in [5.74, 6) is 0.351. The zero-order valence-electron chi connectivity index (χ0n) is 11.8. The Morgan fingerprint density at radius 2 is 2.14 bits per heavy atom. The van der Waals surface area contributed by atoms with Gasteiger partial charge in [-0.15, -0.1) is 0 Å². The summed E-state index contributed by atoms with van der Waals surface area (Å²) in [6.45, 7) is 0.698. The van der Waals surface area contributed by atoms with Crippen molar-refractivity contribution >= 4 is 10.0 Å². The van der Waals surface area contributed by atoms with Gasteiger partial charge in [0, 0.05) is 31.0 Å². The normalized spacial score (nSPS) is 32.2. The third-order valence-electron chi connectivity index (χ3n) is 4.40. The van der Waals surface area contributed by atoms with Crippen LogP contribution in [0.3, 0.4) is 0 Å². The molecule has 0 aromatic carbocycles. The van der Waals surface area contributed by atoms with E-state index in [0.29, 0.717) is 18.9 Å². The Bertz CT molecular complexity index is 578. The zero-order valence-corrected chi connectivity index (χ0v) is 12.6. The standard InChI is InChI=1S/C14H21N3O3S/c15-12-11-2-1-8-20-14(11)13(12)17-21(18,19)9-5-10-3-6-16-7-4-10/h3-4,6-7,11-14,17H,1-2,5,8-9,15H2. The first-order valence-corrected chi connectivity index (χ1v) is 8.98. The van der Waals surface area contributed by atoms with Gasteiger partial charge in [-0.25, -0.2) is 13.1 Å². The summed E-state index contributed by atoms with van der Waals surface area (Å²) in [6, 6.07) is 3.24. The Labute approximate surface area is 125 Å². The Morgan fingerprint density at radius 1 is 1.38 bits per heavy atom. The Balaban J connectivity index is 1.56. The third kappa shape index (κ3) is 3.26. The number of rotatable bonds is 5. The van der Waals surface area contributed by atoms with Crippen LogP contribution in [-0.4, -0.2) is 43.9 Å². The molecule has 2 fully saturated rings. The summed E-state index contributed by atoms with van der Waals surface area (Å²) < 4.78 is 32.8. The minimum Gasteiger partial charge on any atom is -0.376 e. The molecule has 2 aliphatic rings. The van der Waals surface area contributed by atoms with Crippen molar-refractivity contribution in [2.75, 3.05) is 12.4 Å². The van der Waals surface area contributed by atoms with Crippen LogP contribution in [0.2, 0.25) is 0 Å². The Hall–Kier alpha value is -1.02. The predicted molar refractivity (Wildman–Crippen MR) is 79.1 cm³/mol. The number of aryl methyl sites for hydroxylation is 1. The third-order valence-corrected chi connectivity index (χ3v) is 5.77. The van der Waals surface area contributed by atoms with Crippen molar-refractivity contribution in [2.24, 2.45) is 11.7 Å².